The SMILES string of the molecule is CCOc1ccccc1OCCS(=O)C(C)CC(=O)O. The van der Waals surface area contributed by atoms with Gasteiger partial charge in [-0.1, -0.05) is 19.1 Å². The molecule has 0 fully saturated rings. The van der Waals surface area contributed by atoms with Gasteiger partial charge >= 0.3 is 5.97 Å². The Morgan fingerprint density at radius 3 is 2.45 bits per heavy atom. The third kappa shape index (κ3) is 5.61. The van der Waals surface area contributed by atoms with Crippen molar-refractivity contribution in [2.45, 2.75) is 25.5 Å². The van der Waals surface area contributed by atoms with Gasteiger partial charge < -0.3 is 14.6 Å². The van der Waals surface area contributed by atoms with Crippen LogP contribution in [-0.2, 0) is 15.6 Å². The molecule has 1 aromatic carbocycles. The Hall–Kier alpha value is -1.56. The van der Waals surface area contributed by atoms with Crippen LogP contribution in [0.15, 0.2) is 24.3 Å². The maximum absolute atomic E-state index is 11.8. The Morgan fingerprint density at radius 2 is 1.90 bits per heavy atom. The highest BCUT2D eigenvalue weighted by atomic mass is 32.2. The summed E-state index contributed by atoms with van der Waals surface area (Å²) >= 11 is 0. The fraction of sp³-hybridized carbons (Fsp3) is 0.500. The van der Waals surface area contributed by atoms with Gasteiger partial charge in [0.15, 0.2) is 11.5 Å². The zero-order valence-corrected chi connectivity index (χ0v) is 12.5. The molecule has 0 aliphatic rings. The average Bonchev–Trinajstić information content (AvgIpc) is 2.40. The molecule has 1 N–H and O–H groups in total. The van der Waals surface area contributed by atoms with Crippen LogP contribution in [0, 0.1) is 0 Å². The second-order valence-corrected chi connectivity index (χ2v) is 6.20. The third-order valence-corrected chi connectivity index (χ3v) is 4.24. The molecule has 0 saturated heterocycles. The van der Waals surface area contributed by atoms with E-state index in [1.54, 1.807) is 13.0 Å². The Balaban J connectivity index is 2.44. The van der Waals surface area contributed by atoms with Crippen molar-refractivity contribution >= 4 is 16.8 Å². The predicted molar refractivity (Wildman–Crippen MR) is 77.8 cm³/mol. The lowest BCUT2D eigenvalue weighted by atomic mass is 10.3. The van der Waals surface area contributed by atoms with Crippen LogP contribution in [0.3, 0.4) is 0 Å². The number of rotatable bonds is 9. The highest BCUT2D eigenvalue weighted by Gasteiger charge is 2.15. The van der Waals surface area contributed by atoms with Gasteiger partial charge in [-0.25, -0.2) is 0 Å². The molecular formula is C14H20O5S. The first-order chi connectivity index (χ1) is 9.54. The van der Waals surface area contributed by atoms with Gasteiger partial charge in [0.05, 0.1) is 25.4 Å². The number of benzene rings is 1. The van der Waals surface area contributed by atoms with Gasteiger partial charge in [0, 0.05) is 16.0 Å². The molecular weight excluding hydrogens is 280 g/mol. The van der Waals surface area contributed by atoms with Crippen molar-refractivity contribution < 1.29 is 23.6 Å². The molecule has 0 bridgehead atoms. The largest absolute Gasteiger partial charge is 0.490 e. The number of carbonyl (C=O) groups is 1. The number of para-hydroxylation sites is 2. The Labute approximate surface area is 121 Å². The van der Waals surface area contributed by atoms with Crippen molar-refractivity contribution in [1.82, 2.24) is 0 Å². The molecule has 0 aromatic heterocycles. The van der Waals surface area contributed by atoms with E-state index in [1.165, 1.54) is 0 Å². The van der Waals surface area contributed by atoms with E-state index in [4.69, 9.17) is 14.6 Å². The van der Waals surface area contributed by atoms with Crippen molar-refractivity contribution in [3.8, 4) is 11.5 Å². The molecule has 0 saturated carbocycles. The summed E-state index contributed by atoms with van der Waals surface area (Å²) in [7, 11) is -1.22. The zero-order chi connectivity index (χ0) is 15.0. The standard InChI is InChI=1S/C14H20O5S/c1-3-18-12-6-4-5-7-13(12)19-8-9-20(17)11(2)10-14(15)16/h4-7,11H,3,8-10H2,1-2H3,(H,15,16). The van der Waals surface area contributed by atoms with Gasteiger partial charge in [-0.15, -0.1) is 0 Å². The highest BCUT2D eigenvalue weighted by Crippen LogP contribution is 2.26. The molecule has 0 aliphatic carbocycles. The molecule has 20 heavy (non-hydrogen) atoms. The Morgan fingerprint density at radius 1 is 1.30 bits per heavy atom. The van der Waals surface area contributed by atoms with Crippen LogP contribution in [0.4, 0.5) is 0 Å². The number of hydrogen-bond acceptors (Lipinski definition) is 4. The van der Waals surface area contributed by atoms with Crippen LogP contribution >= 0.6 is 0 Å². The molecule has 1 aromatic rings. The van der Waals surface area contributed by atoms with Crippen LogP contribution in [0.5, 0.6) is 11.5 Å². The van der Waals surface area contributed by atoms with Gasteiger partial charge in [0.2, 0.25) is 0 Å². The van der Waals surface area contributed by atoms with E-state index in [0.717, 1.165) is 0 Å². The maximum Gasteiger partial charge on any atom is 0.304 e. The number of hydrogen-bond donors (Lipinski definition) is 1. The van der Waals surface area contributed by atoms with Crippen LogP contribution in [-0.4, -0.2) is 39.5 Å². The van der Waals surface area contributed by atoms with Gasteiger partial charge in [-0.3, -0.25) is 9.00 Å². The zero-order valence-electron chi connectivity index (χ0n) is 11.7. The molecule has 2 unspecified atom stereocenters. The summed E-state index contributed by atoms with van der Waals surface area (Å²) in [5.41, 5.74) is 0. The summed E-state index contributed by atoms with van der Waals surface area (Å²) in [6.45, 7) is 4.36. The highest BCUT2D eigenvalue weighted by molar-refractivity contribution is 7.85. The predicted octanol–water partition coefficient (Wildman–Crippen LogP) is 2.08. The van der Waals surface area contributed by atoms with Gasteiger partial charge in [0.1, 0.15) is 0 Å². The first-order valence-corrected chi connectivity index (χ1v) is 7.86. The summed E-state index contributed by atoms with van der Waals surface area (Å²) in [5.74, 6) is 0.625. The van der Waals surface area contributed by atoms with E-state index in [0.29, 0.717) is 23.9 Å². The van der Waals surface area contributed by atoms with Crippen LogP contribution in [0.2, 0.25) is 0 Å². The molecule has 0 spiro atoms. The van der Waals surface area contributed by atoms with Crippen molar-refractivity contribution in [1.29, 1.82) is 0 Å². The minimum Gasteiger partial charge on any atom is -0.490 e. The second-order valence-electron chi connectivity index (χ2n) is 4.22. The van der Waals surface area contributed by atoms with E-state index < -0.39 is 16.8 Å². The van der Waals surface area contributed by atoms with E-state index in [2.05, 4.69) is 0 Å². The fourth-order valence-corrected chi connectivity index (χ4v) is 2.60. The number of carboxylic acid groups (broad SMARTS) is 1. The van der Waals surface area contributed by atoms with E-state index >= 15 is 0 Å². The third-order valence-electron chi connectivity index (χ3n) is 2.60. The lowest BCUT2D eigenvalue weighted by Crippen LogP contribution is -2.21. The van der Waals surface area contributed by atoms with Gasteiger partial charge in [0.25, 0.3) is 0 Å². The van der Waals surface area contributed by atoms with E-state index in [9.17, 15) is 9.00 Å². The molecule has 5 nitrogen and oxygen atoms in total. The minimum atomic E-state index is -1.22. The monoisotopic (exact) mass is 300 g/mol. The van der Waals surface area contributed by atoms with Crippen LogP contribution < -0.4 is 9.47 Å². The van der Waals surface area contributed by atoms with E-state index in [-0.39, 0.29) is 18.3 Å². The van der Waals surface area contributed by atoms with Gasteiger partial charge in [-0.05, 0) is 19.1 Å². The number of ether oxygens (including phenoxy) is 2. The van der Waals surface area contributed by atoms with Crippen molar-refractivity contribution in [3.63, 3.8) is 0 Å². The smallest absolute Gasteiger partial charge is 0.304 e. The topological polar surface area (TPSA) is 72.8 Å². The average molecular weight is 300 g/mol. The molecule has 2 atom stereocenters. The molecule has 0 amide bonds. The number of aliphatic carboxylic acids is 1. The fourth-order valence-electron chi connectivity index (χ4n) is 1.62. The summed E-state index contributed by atoms with van der Waals surface area (Å²) in [6, 6.07) is 7.28. The molecule has 0 heterocycles. The summed E-state index contributed by atoms with van der Waals surface area (Å²) < 4.78 is 22.8. The second kappa shape index (κ2) is 8.58. The first-order valence-electron chi connectivity index (χ1n) is 6.48. The molecule has 0 aliphatic heterocycles. The molecule has 0 radical (unpaired) electrons. The summed E-state index contributed by atoms with van der Waals surface area (Å²) in [6.07, 6.45) is -0.0951. The van der Waals surface area contributed by atoms with Gasteiger partial charge in [-0.2, -0.15) is 0 Å². The lowest BCUT2D eigenvalue weighted by molar-refractivity contribution is -0.136. The molecule has 112 valence electrons. The quantitative estimate of drug-likeness (QED) is 0.756. The molecule has 6 heteroatoms. The van der Waals surface area contributed by atoms with Crippen LogP contribution in [0.25, 0.3) is 0 Å². The number of carboxylic acids is 1. The van der Waals surface area contributed by atoms with Crippen molar-refractivity contribution in [2.24, 2.45) is 0 Å². The lowest BCUT2D eigenvalue weighted by Gasteiger charge is -2.12. The van der Waals surface area contributed by atoms with E-state index in [1.807, 2.05) is 25.1 Å². The first kappa shape index (κ1) is 16.5. The maximum atomic E-state index is 11.8. The Kier molecular flexibility index (Phi) is 7.08. The van der Waals surface area contributed by atoms with Crippen molar-refractivity contribution in [2.75, 3.05) is 19.0 Å². The minimum absolute atomic E-state index is 0.0951. The normalized spacial score (nSPS) is 13.5. The summed E-state index contributed by atoms with van der Waals surface area (Å²) in [4.78, 5) is 10.5. The summed E-state index contributed by atoms with van der Waals surface area (Å²) in [5, 5.41) is 8.27. The van der Waals surface area contributed by atoms with Crippen molar-refractivity contribution in [3.05, 3.63) is 24.3 Å². The Bertz CT molecular complexity index is 461. The molecule has 1 rings (SSSR count). The van der Waals surface area contributed by atoms with Crippen LogP contribution in [0.1, 0.15) is 20.3 Å².